The fourth-order valence-corrected chi connectivity index (χ4v) is 2.87. The Hall–Kier alpha value is -2.91. The summed E-state index contributed by atoms with van der Waals surface area (Å²) < 4.78 is 0. The predicted octanol–water partition coefficient (Wildman–Crippen LogP) is 5.01. The molecule has 0 fully saturated rings. The van der Waals surface area contributed by atoms with Crippen molar-refractivity contribution in [2.45, 2.75) is 12.8 Å². The number of halogens is 1. The molecule has 0 aliphatic rings. The van der Waals surface area contributed by atoms with Gasteiger partial charge in [-0.3, -0.25) is 4.79 Å². The summed E-state index contributed by atoms with van der Waals surface area (Å²) in [5.74, 6) is -0.588. The Kier molecular flexibility index (Phi) is 5.82. The van der Waals surface area contributed by atoms with Crippen LogP contribution in [0.2, 0.25) is 5.02 Å². The molecule has 1 amide bonds. The normalized spacial score (nSPS) is 11.4. The smallest absolute Gasteiger partial charge is 0.252 e. The van der Waals surface area contributed by atoms with E-state index in [2.05, 4.69) is 10.5 Å². The molecule has 0 saturated carbocycles. The molecule has 4 heteroatoms. The van der Waals surface area contributed by atoms with Crippen LogP contribution in [0.5, 0.6) is 0 Å². The molecule has 3 nitrogen and oxygen atoms in total. The van der Waals surface area contributed by atoms with Crippen LogP contribution in [0.3, 0.4) is 0 Å². The van der Waals surface area contributed by atoms with E-state index in [9.17, 15) is 4.79 Å². The van der Waals surface area contributed by atoms with Crippen LogP contribution in [0.25, 0.3) is 0 Å². The van der Waals surface area contributed by atoms with Gasteiger partial charge in [0.25, 0.3) is 5.91 Å². The largest absolute Gasteiger partial charge is 0.272 e. The number of hydrogen-bond donors (Lipinski definition) is 1. The molecule has 0 heterocycles. The molecule has 3 rings (SSSR count). The average Bonchev–Trinajstić information content (AvgIpc) is 2.68. The van der Waals surface area contributed by atoms with Gasteiger partial charge in [-0.2, -0.15) is 5.10 Å². The van der Waals surface area contributed by atoms with Crippen molar-refractivity contribution in [2.24, 2.45) is 5.10 Å². The van der Waals surface area contributed by atoms with Gasteiger partial charge in [-0.25, -0.2) is 5.43 Å². The van der Waals surface area contributed by atoms with Gasteiger partial charge in [0.1, 0.15) is 0 Å². The molecule has 0 saturated heterocycles. The molecule has 26 heavy (non-hydrogen) atoms. The summed E-state index contributed by atoms with van der Waals surface area (Å²) >= 11 is 5.91. The van der Waals surface area contributed by atoms with Gasteiger partial charge in [0, 0.05) is 5.02 Å². The Morgan fingerprint density at radius 2 is 1.35 bits per heavy atom. The van der Waals surface area contributed by atoms with Crippen LogP contribution in [0.4, 0.5) is 0 Å². The number of rotatable bonds is 5. The van der Waals surface area contributed by atoms with E-state index in [-0.39, 0.29) is 5.91 Å². The van der Waals surface area contributed by atoms with Crippen LogP contribution in [0.1, 0.15) is 29.5 Å². The van der Waals surface area contributed by atoms with Crippen molar-refractivity contribution in [1.29, 1.82) is 0 Å². The van der Waals surface area contributed by atoms with E-state index < -0.39 is 5.92 Å². The number of hydrogen-bond acceptors (Lipinski definition) is 2. The zero-order valence-corrected chi connectivity index (χ0v) is 15.1. The van der Waals surface area contributed by atoms with E-state index in [4.69, 9.17) is 11.6 Å². The van der Waals surface area contributed by atoms with E-state index in [1.54, 1.807) is 12.1 Å². The molecule has 0 bridgehead atoms. The molecule has 3 aromatic rings. The summed E-state index contributed by atoms with van der Waals surface area (Å²) in [5, 5.41) is 4.94. The fraction of sp³-hybridized carbons (Fsp3) is 0.0909. The third kappa shape index (κ3) is 4.38. The van der Waals surface area contributed by atoms with Crippen molar-refractivity contribution >= 4 is 23.2 Å². The number of benzene rings is 3. The summed E-state index contributed by atoms with van der Waals surface area (Å²) in [5.41, 5.74) is 6.19. The molecule has 130 valence electrons. The van der Waals surface area contributed by atoms with Crippen LogP contribution in [-0.4, -0.2) is 11.6 Å². The Balaban J connectivity index is 1.84. The maximum atomic E-state index is 12.9. The molecular formula is C22H19ClN2O. The number of amides is 1. The van der Waals surface area contributed by atoms with Crippen LogP contribution in [0, 0.1) is 0 Å². The van der Waals surface area contributed by atoms with E-state index in [1.165, 1.54) is 0 Å². The van der Waals surface area contributed by atoms with Gasteiger partial charge in [-0.1, -0.05) is 84.4 Å². The number of nitrogens with zero attached hydrogens (tertiary/aromatic N) is 1. The van der Waals surface area contributed by atoms with E-state index >= 15 is 0 Å². The van der Waals surface area contributed by atoms with Gasteiger partial charge < -0.3 is 0 Å². The lowest BCUT2D eigenvalue weighted by molar-refractivity contribution is -0.121. The fourth-order valence-electron chi connectivity index (χ4n) is 2.75. The topological polar surface area (TPSA) is 41.5 Å². The Labute approximate surface area is 158 Å². The van der Waals surface area contributed by atoms with Crippen molar-refractivity contribution in [3.63, 3.8) is 0 Å². The van der Waals surface area contributed by atoms with Gasteiger partial charge in [-0.15, -0.1) is 0 Å². The Morgan fingerprint density at radius 1 is 0.846 bits per heavy atom. The van der Waals surface area contributed by atoms with E-state index in [0.29, 0.717) is 5.02 Å². The lowest BCUT2D eigenvalue weighted by atomic mass is 9.91. The number of carbonyl (C=O) groups is 1. The average molecular weight is 363 g/mol. The van der Waals surface area contributed by atoms with Crippen LogP contribution in [0.15, 0.2) is 90.0 Å². The number of nitrogens with one attached hydrogen (secondary N) is 1. The lowest BCUT2D eigenvalue weighted by Crippen LogP contribution is -2.27. The van der Waals surface area contributed by atoms with Gasteiger partial charge in [0.15, 0.2) is 0 Å². The first-order valence-corrected chi connectivity index (χ1v) is 8.73. The van der Waals surface area contributed by atoms with Crippen LogP contribution >= 0.6 is 11.6 Å². The molecule has 3 aromatic carbocycles. The second-order valence-electron chi connectivity index (χ2n) is 5.93. The molecule has 0 radical (unpaired) electrons. The minimum Gasteiger partial charge on any atom is -0.272 e. The van der Waals surface area contributed by atoms with Gasteiger partial charge >= 0.3 is 0 Å². The first-order valence-electron chi connectivity index (χ1n) is 8.35. The second-order valence-corrected chi connectivity index (χ2v) is 6.37. The highest BCUT2D eigenvalue weighted by molar-refractivity contribution is 6.30. The summed E-state index contributed by atoms with van der Waals surface area (Å²) in [6.07, 6.45) is 0. The third-order valence-electron chi connectivity index (χ3n) is 4.12. The predicted molar refractivity (Wildman–Crippen MR) is 107 cm³/mol. The summed E-state index contributed by atoms with van der Waals surface area (Å²) in [4.78, 5) is 12.9. The van der Waals surface area contributed by atoms with E-state index in [1.807, 2.05) is 79.7 Å². The minimum atomic E-state index is -0.417. The Morgan fingerprint density at radius 3 is 1.85 bits per heavy atom. The first kappa shape index (κ1) is 17.9. The number of carbonyl (C=O) groups excluding carboxylic acids is 1. The SMILES string of the molecule is C/C(=N/NC(=O)C(c1ccccc1)c1ccccc1)c1ccc(Cl)cc1. The molecule has 0 atom stereocenters. The highest BCUT2D eigenvalue weighted by atomic mass is 35.5. The van der Waals surface area contributed by atoms with Crippen molar-refractivity contribution in [3.8, 4) is 0 Å². The zero-order valence-electron chi connectivity index (χ0n) is 14.4. The molecule has 0 aromatic heterocycles. The summed E-state index contributed by atoms with van der Waals surface area (Å²) in [6, 6.07) is 26.8. The van der Waals surface area contributed by atoms with Gasteiger partial charge in [0.2, 0.25) is 0 Å². The first-order chi connectivity index (χ1) is 12.6. The van der Waals surface area contributed by atoms with Gasteiger partial charge in [0.05, 0.1) is 11.6 Å². The maximum absolute atomic E-state index is 12.9. The zero-order chi connectivity index (χ0) is 18.4. The highest BCUT2D eigenvalue weighted by Gasteiger charge is 2.22. The van der Waals surface area contributed by atoms with Crippen molar-refractivity contribution in [3.05, 3.63) is 107 Å². The standard InChI is InChI=1S/C22H19ClN2O/c1-16(17-12-14-20(23)15-13-17)24-25-22(26)21(18-8-4-2-5-9-18)19-10-6-3-7-11-19/h2-15,21H,1H3,(H,25,26)/b24-16-. The lowest BCUT2D eigenvalue weighted by Gasteiger charge is -2.16. The minimum absolute atomic E-state index is 0.171. The monoisotopic (exact) mass is 362 g/mol. The molecule has 0 aliphatic heterocycles. The summed E-state index contributed by atoms with van der Waals surface area (Å²) in [6.45, 7) is 1.85. The maximum Gasteiger partial charge on any atom is 0.252 e. The Bertz CT molecular complexity index is 851. The third-order valence-corrected chi connectivity index (χ3v) is 4.38. The van der Waals surface area contributed by atoms with E-state index in [0.717, 1.165) is 22.4 Å². The van der Waals surface area contributed by atoms with Crippen molar-refractivity contribution in [1.82, 2.24) is 5.43 Å². The second kappa shape index (κ2) is 8.45. The molecule has 0 aliphatic carbocycles. The van der Waals surface area contributed by atoms with Crippen molar-refractivity contribution < 1.29 is 4.79 Å². The number of hydrazone groups is 1. The summed E-state index contributed by atoms with van der Waals surface area (Å²) in [7, 11) is 0. The van der Waals surface area contributed by atoms with Crippen LogP contribution in [-0.2, 0) is 4.79 Å². The molecule has 0 unspecified atom stereocenters. The van der Waals surface area contributed by atoms with Gasteiger partial charge in [-0.05, 0) is 35.7 Å². The van der Waals surface area contributed by atoms with Crippen LogP contribution < -0.4 is 5.43 Å². The molecule has 1 N–H and O–H groups in total. The molecule has 0 spiro atoms. The highest BCUT2D eigenvalue weighted by Crippen LogP contribution is 2.24. The quantitative estimate of drug-likeness (QED) is 0.503. The van der Waals surface area contributed by atoms with Crippen molar-refractivity contribution in [2.75, 3.05) is 0 Å². The molecular weight excluding hydrogens is 344 g/mol.